The number of amides is 1. The van der Waals surface area contributed by atoms with Gasteiger partial charge in [0.25, 0.3) is 0 Å². The maximum atomic E-state index is 13.6. The van der Waals surface area contributed by atoms with Crippen LogP contribution in [0.25, 0.3) is 27.9 Å². The summed E-state index contributed by atoms with van der Waals surface area (Å²) in [6.07, 6.45) is 6.21. The molecule has 6 heterocycles. The molecule has 4 aliphatic heterocycles. The highest BCUT2D eigenvalue weighted by molar-refractivity contribution is 6.30. The van der Waals surface area contributed by atoms with Crippen LogP contribution in [-0.4, -0.2) is 66.7 Å². The largest absolute Gasteiger partial charge is 0.450 e. The van der Waals surface area contributed by atoms with E-state index in [4.69, 9.17) is 21.1 Å². The number of aromatic nitrogens is 5. The highest BCUT2D eigenvalue weighted by Gasteiger charge is 2.51. The first-order chi connectivity index (χ1) is 21.0. The average Bonchev–Trinajstić information content (AvgIpc) is 3.79. The Morgan fingerprint density at radius 3 is 2.72 bits per heavy atom. The van der Waals surface area contributed by atoms with Crippen molar-refractivity contribution in [1.29, 1.82) is 0 Å². The summed E-state index contributed by atoms with van der Waals surface area (Å²) in [6, 6.07) is 12.1. The SMILES string of the molecule is O=C=C1OC2(COC2)n2c1cc1cc(NC(=O)[C@@H]3CCC4=CC(c5cc(Cl)ccc5-n5cnnn5)=CC(=C=O)N43)ccc12. The van der Waals surface area contributed by atoms with Crippen LogP contribution >= 0.6 is 11.6 Å². The van der Waals surface area contributed by atoms with Gasteiger partial charge >= 0.3 is 0 Å². The van der Waals surface area contributed by atoms with Crippen LogP contribution in [0.3, 0.4) is 0 Å². The van der Waals surface area contributed by atoms with Crippen LogP contribution in [0.4, 0.5) is 5.69 Å². The third-order valence-electron chi connectivity index (χ3n) is 8.19. The second-order valence-electron chi connectivity index (χ2n) is 10.7. The summed E-state index contributed by atoms with van der Waals surface area (Å²) in [5, 5.41) is 15.8. The second-order valence-corrected chi connectivity index (χ2v) is 11.1. The highest BCUT2D eigenvalue weighted by atomic mass is 35.5. The number of ether oxygens (including phenoxy) is 2. The normalized spacial score (nSPS) is 19.7. The fourth-order valence-corrected chi connectivity index (χ4v) is 6.45. The van der Waals surface area contributed by atoms with E-state index in [-0.39, 0.29) is 17.4 Å². The van der Waals surface area contributed by atoms with E-state index in [1.807, 2.05) is 40.7 Å². The number of nitrogens with zero attached hydrogens (tertiary/aromatic N) is 6. The third-order valence-corrected chi connectivity index (χ3v) is 8.43. The zero-order valence-corrected chi connectivity index (χ0v) is 23.0. The molecule has 1 amide bonds. The van der Waals surface area contributed by atoms with Crippen molar-refractivity contribution in [3.63, 3.8) is 0 Å². The van der Waals surface area contributed by atoms with Crippen molar-refractivity contribution in [3.05, 3.63) is 88.6 Å². The number of carbonyl (C=O) groups excluding carboxylic acids is 3. The lowest BCUT2D eigenvalue weighted by Gasteiger charge is -2.38. The molecule has 43 heavy (non-hydrogen) atoms. The van der Waals surface area contributed by atoms with Gasteiger partial charge in [0.05, 0.1) is 16.9 Å². The van der Waals surface area contributed by atoms with E-state index in [0.29, 0.717) is 48.1 Å². The molecule has 0 saturated carbocycles. The molecule has 212 valence electrons. The van der Waals surface area contributed by atoms with Crippen LogP contribution in [0.1, 0.15) is 24.1 Å². The lowest BCUT2D eigenvalue weighted by molar-refractivity contribution is -0.211. The van der Waals surface area contributed by atoms with Crippen LogP contribution in [0, 0.1) is 0 Å². The van der Waals surface area contributed by atoms with Crippen molar-refractivity contribution in [2.45, 2.75) is 24.6 Å². The van der Waals surface area contributed by atoms with E-state index in [1.54, 1.807) is 35.2 Å². The first kappa shape index (κ1) is 25.5. The van der Waals surface area contributed by atoms with Gasteiger partial charge in [0.1, 0.15) is 31.3 Å². The molecule has 0 unspecified atom stereocenters. The Morgan fingerprint density at radius 1 is 1.09 bits per heavy atom. The molecular weight excluding hydrogens is 574 g/mol. The number of carbonyl (C=O) groups is 1. The molecule has 2 aromatic heterocycles. The zero-order valence-electron chi connectivity index (χ0n) is 22.3. The Bertz CT molecular complexity index is 2030. The molecule has 0 bridgehead atoms. The third kappa shape index (κ3) is 3.82. The van der Waals surface area contributed by atoms with Crippen molar-refractivity contribution in [2.75, 3.05) is 18.5 Å². The van der Waals surface area contributed by atoms with Gasteiger partial charge in [-0.25, -0.2) is 9.59 Å². The van der Waals surface area contributed by atoms with E-state index < -0.39 is 11.8 Å². The Hall–Kier alpha value is -5.25. The van der Waals surface area contributed by atoms with E-state index in [0.717, 1.165) is 27.7 Å². The number of allylic oxidation sites excluding steroid dienone is 4. The molecule has 13 heteroatoms. The number of benzene rings is 2. The molecule has 1 N–H and O–H groups in total. The first-order valence-corrected chi connectivity index (χ1v) is 13.8. The van der Waals surface area contributed by atoms with Gasteiger partial charge in [-0.1, -0.05) is 11.6 Å². The van der Waals surface area contributed by atoms with E-state index >= 15 is 0 Å². The Kier molecular flexibility index (Phi) is 5.56. The predicted octanol–water partition coefficient (Wildman–Crippen LogP) is 3.26. The van der Waals surface area contributed by atoms with Crippen LogP contribution in [0.2, 0.25) is 5.02 Å². The summed E-state index contributed by atoms with van der Waals surface area (Å²) in [7, 11) is 0. The lowest BCUT2D eigenvalue weighted by Crippen LogP contribution is -2.50. The van der Waals surface area contributed by atoms with Gasteiger partial charge < -0.3 is 19.7 Å². The molecular formula is C30H20ClN7O5. The van der Waals surface area contributed by atoms with Crippen LogP contribution in [0.5, 0.6) is 0 Å². The maximum Gasteiger partial charge on any atom is 0.247 e. The molecule has 8 rings (SSSR count). The molecule has 2 saturated heterocycles. The summed E-state index contributed by atoms with van der Waals surface area (Å²) >= 11 is 6.33. The molecule has 1 spiro atoms. The number of rotatable bonds is 4. The van der Waals surface area contributed by atoms with Crippen molar-refractivity contribution in [1.82, 2.24) is 29.7 Å². The fraction of sp³-hybridized carbons (Fsp3) is 0.200. The summed E-state index contributed by atoms with van der Waals surface area (Å²) in [5.41, 5.74) is 4.54. The van der Waals surface area contributed by atoms with Crippen LogP contribution in [-0.2, 0) is 29.6 Å². The maximum absolute atomic E-state index is 13.6. The van der Waals surface area contributed by atoms with Gasteiger partial charge in [0.2, 0.25) is 17.4 Å². The Balaban J connectivity index is 1.07. The topological polar surface area (TPSA) is 133 Å². The monoisotopic (exact) mass is 593 g/mol. The smallest absolute Gasteiger partial charge is 0.247 e. The molecule has 2 aromatic carbocycles. The van der Waals surface area contributed by atoms with E-state index in [2.05, 4.69) is 20.8 Å². The number of halogens is 1. The second kappa shape index (κ2) is 9.38. The van der Waals surface area contributed by atoms with Gasteiger partial charge in [0.15, 0.2) is 11.9 Å². The summed E-state index contributed by atoms with van der Waals surface area (Å²) in [6.45, 7) is 0.666. The molecule has 0 radical (unpaired) electrons. The number of nitrogens with one attached hydrogen (secondary N) is 1. The van der Waals surface area contributed by atoms with Crippen molar-refractivity contribution >= 4 is 57.3 Å². The van der Waals surface area contributed by atoms with Gasteiger partial charge in [-0.3, -0.25) is 9.36 Å². The lowest BCUT2D eigenvalue weighted by atomic mass is 9.98. The number of anilines is 1. The molecule has 4 aliphatic rings. The van der Waals surface area contributed by atoms with E-state index in [9.17, 15) is 14.4 Å². The molecule has 1 atom stereocenters. The summed E-state index contributed by atoms with van der Waals surface area (Å²) in [4.78, 5) is 39.1. The van der Waals surface area contributed by atoms with Crippen molar-refractivity contribution < 1.29 is 23.9 Å². The minimum atomic E-state index is -0.739. The quantitative estimate of drug-likeness (QED) is 0.354. The predicted molar refractivity (Wildman–Crippen MR) is 154 cm³/mol. The Labute approximate surface area is 248 Å². The summed E-state index contributed by atoms with van der Waals surface area (Å²) < 4.78 is 14.7. The molecule has 12 nitrogen and oxygen atoms in total. The highest BCUT2D eigenvalue weighted by Crippen LogP contribution is 2.45. The minimum absolute atomic E-state index is 0.143. The molecule has 2 fully saturated rings. The van der Waals surface area contributed by atoms with E-state index in [1.165, 1.54) is 11.0 Å². The van der Waals surface area contributed by atoms with Crippen LogP contribution < -0.4 is 5.32 Å². The van der Waals surface area contributed by atoms with Gasteiger partial charge in [-0.05, 0) is 83.5 Å². The number of tetrazole rings is 1. The van der Waals surface area contributed by atoms with Gasteiger partial charge in [-0.2, -0.15) is 4.68 Å². The average molecular weight is 594 g/mol. The standard InChI is InChI=1S/C30H20ClN7O5/c31-19-1-4-25(36-16-32-34-35-36)23(11-19)17-8-21-3-6-26(37(21)22(9-17)12-39)29(41)33-20-2-5-24-18(7-20)10-27-28(13-40)43-30(38(24)27)14-42-15-30/h1-2,4-5,7-11,16,26H,3,6,14-15H2,(H,33,41)/t26-/m0/s1. The minimum Gasteiger partial charge on any atom is -0.450 e. The van der Waals surface area contributed by atoms with Gasteiger partial charge in [-0.15, -0.1) is 5.10 Å². The van der Waals surface area contributed by atoms with Crippen LogP contribution in [0.15, 0.2) is 72.3 Å². The number of fused-ring (bicyclic) bond motifs is 5. The number of hydrogen-bond donors (Lipinski definition) is 1. The molecule has 4 aromatic rings. The number of hydrogen-bond acceptors (Lipinski definition) is 9. The summed E-state index contributed by atoms with van der Waals surface area (Å²) in [5.74, 6) is 3.80. The van der Waals surface area contributed by atoms with Crippen molar-refractivity contribution in [3.8, 4) is 5.69 Å². The Morgan fingerprint density at radius 2 is 1.98 bits per heavy atom. The molecule has 0 aliphatic carbocycles. The van der Waals surface area contributed by atoms with Gasteiger partial charge in [0, 0.05) is 27.4 Å². The fourth-order valence-electron chi connectivity index (χ4n) is 6.28. The zero-order chi connectivity index (χ0) is 29.3. The first-order valence-electron chi connectivity index (χ1n) is 13.5. The van der Waals surface area contributed by atoms with Crippen molar-refractivity contribution in [2.24, 2.45) is 0 Å².